The summed E-state index contributed by atoms with van der Waals surface area (Å²) in [4.78, 5) is 32.9. The second-order valence-electron chi connectivity index (χ2n) is 6.50. The number of rotatable bonds is 4. The van der Waals surface area contributed by atoms with Crippen LogP contribution in [0.3, 0.4) is 0 Å². The molecule has 0 bridgehead atoms. The van der Waals surface area contributed by atoms with Crippen molar-refractivity contribution in [2.45, 2.75) is 12.8 Å². The number of aromatic nitrogens is 2. The summed E-state index contributed by atoms with van der Waals surface area (Å²) in [6.45, 7) is 1.43. The summed E-state index contributed by atoms with van der Waals surface area (Å²) >= 11 is 0. The predicted molar refractivity (Wildman–Crippen MR) is 94.7 cm³/mol. The number of carboxylic acids is 2. The maximum atomic E-state index is 12.0. The number of nitrogens with zero attached hydrogens (tertiary/aromatic N) is 2. The highest BCUT2D eigenvalue weighted by Crippen LogP contribution is 2.48. The van der Waals surface area contributed by atoms with Crippen LogP contribution in [0.5, 0.6) is 0 Å². The van der Waals surface area contributed by atoms with Crippen molar-refractivity contribution in [2.75, 3.05) is 0 Å². The number of para-hydroxylation sites is 2. The van der Waals surface area contributed by atoms with Gasteiger partial charge in [-0.15, -0.1) is 0 Å². The van der Waals surface area contributed by atoms with Gasteiger partial charge in [0.05, 0.1) is 34.3 Å². The third-order valence-corrected chi connectivity index (χ3v) is 5.02. The zero-order chi connectivity index (χ0) is 18.4. The van der Waals surface area contributed by atoms with Crippen molar-refractivity contribution < 1.29 is 19.8 Å². The Hall–Kier alpha value is -3.28. The van der Waals surface area contributed by atoms with Crippen molar-refractivity contribution in [3.05, 3.63) is 59.8 Å². The molecular weight excluding hydrogens is 332 g/mol. The molecule has 3 atom stereocenters. The lowest BCUT2D eigenvalue weighted by Crippen LogP contribution is -2.33. The van der Waals surface area contributed by atoms with E-state index < -0.39 is 29.7 Å². The largest absolute Gasteiger partial charge is 0.481 e. The molecule has 0 saturated heterocycles. The molecule has 2 N–H and O–H groups in total. The summed E-state index contributed by atoms with van der Waals surface area (Å²) in [5.74, 6) is -5.14. The summed E-state index contributed by atoms with van der Waals surface area (Å²) in [5, 5.41) is 19.2. The van der Waals surface area contributed by atoms with E-state index in [0.29, 0.717) is 16.9 Å². The zero-order valence-corrected chi connectivity index (χ0v) is 14.0. The molecule has 1 aliphatic carbocycles. The Kier molecular flexibility index (Phi) is 3.68. The molecule has 0 spiro atoms. The van der Waals surface area contributed by atoms with Crippen LogP contribution in [-0.4, -0.2) is 32.1 Å². The minimum Gasteiger partial charge on any atom is -0.481 e. The van der Waals surface area contributed by atoms with Crippen molar-refractivity contribution in [3.8, 4) is 11.3 Å². The van der Waals surface area contributed by atoms with Crippen LogP contribution in [0.25, 0.3) is 22.3 Å². The minimum absolute atomic E-state index is 0.533. The van der Waals surface area contributed by atoms with Crippen molar-refractivity contribution in [3.63, 3.8) is 0 Å². The molecule has 1 aliphatic rings. The van der Waals surface area contributed by atoms with Gasteiger partial charge in [-0.3, -0.25) is 9.59 Å². The summed E-state index contributed by atoms with van der Waals surface area (Å²) in [7, 11) is 0. The Morgan fingerprint density at radius 3 is 2.19 bits per heavy atom. The first kappa shape index (κ1) is 16.2. The molecule has 26 heavy (non-hydrogen) atoms. The highest BCUT2D eigenvalue weighted by Gasteiger charge is 2.44. The maximum absolute atomic E-state index is 12.0. The van der Waals surface area contributed by atoms with Gasteiger partial charge < -0.3 is 10.2 Å². The second-order valence-corrected chi connectivity index (χ2v) is 6.50. The van der Waals surface area contributed by atoms with Gasteiger partial charge in [-0.05, 0) is 17.7 Å². The van der Waals surface area contributed by atoms with E-state index >= 15 is 0 Å². The number of benzene rings is 2. The number of carboxylic acid groups (broad SMARTS) is 2. The van der Waals surface area contributed by atoms with E-state index in [2.05, 4.69) is 4.98 Å². The minimum atomic E-state index is -1.15. The lowest BCUT2D eigenvalue weighted by atomic mass is 9.78. The molecule has 3 unspecified atom stereocenters. The Morgan fingerprint density at radius 2 is 1.54 bits per heavy atom. The number of aliphatic carboxylic acids is 2. The molecule has 2 aromatic carbocycles. The maximum Gasteiger partial charge on any atom is 0.308 e. The molecule has 130 valence electrons. The number of hydrogen-bond donors (Lipinski definition) is 2. The van der Waals surface area contributed by atoms with E-state index in [1.165, 1.54) is 6.92 Å². The van der Waals surface area contributed by atoms with Crippen LogP contribution in [0.4, 0.5) is 0 Å². The van der Waals surface area contributed by atoms with E-state index in [0.717, 1.165) is 16.6 Å². The van der Waals surface area contributed by atoms with E-state index in [1.54, 1.807) is 0 Å². The third-order valence-electron chi connectivity index (χ3n) is 5.02. The fraction of sp³-hybridized carbons (Fsp3) is 0.200. The van der Waals surface area contributed by atoms with Crippen LogP contribution in [-0.2, 0) is 9.59 Å². The lowest BCUT2D eigenvalue weighted by molar-refractivity contribution is -0.153. The van der Waals surface area contributed by atoms with Crippen LogP contribution in [0.2, 0.25) is 0 Å². The predicted octanol–water partition coefficient (Wildman–Crippen LogP) is 3.16. The average molecular weight is 348 g/mol. The molecular formula is C20H16N2O4. The number of fused-ring (bicyclic) bond motifs is 4. The smallest absolute Gasteiger partial charge is 0.308 e. The molecule has 0 radical (unpaired) electrons. The van der Waals surface area contributed by atoms with Crippen molar-refractivity contribution in [2.24, 2.45) is 11.8 Å². The summed E-state index contributed by atoms with van der Waals surface area (Å²) in [6.07, 6.45) is 0. The highest BCUT2D eigenvalue weighted by atomic mass is 16.4. The van der Waals surface area contributed by atoms with Gasteiger partial charge in [-0.2, -0.15) is 0 Å². The normalized spacial score (nSPS) is 17.3. The average Bonchev–Trinajstić information content (AvgIpc) is 2.93. The molecule has 6 nitrogen and oxygen atoms in total. The van der Waals surface area contributed by atoms with Crippen molar-refractivity contribution in [1.82, 2.24) is 9.97 Å². The van der Waals surface area contributed by atoms with Gasteiger partial charge in [0.2, 0.25) is 0 Å². The molecule has 0 aliphatic heterocycles. The Labute approximate surface area is 149 Å². The monoisotopic (exact) mass is 348 g/mol. The van der Waals surface area contributed by atoms with Gasteiger partial charge in [0.15, 0.2) is 0 Å². The SMILES string of the molecule is CC(C(=O)O)C(C(=O)O)C1c2ccccc2-c2nc3ccccc3nc21. The Morgan fingerprint density at radius 1 is 0.923 bits per heavy atom. The van der Waals surface area contributed by atoms with Gasteiger partial charge in [0.1, 0.15) is 0 Å². The third kappa shape index (κ3) is 2.34. The van der Waals surface area contributed by atoms with Crippen molar-refractivity contribution >= 4 is 23.0 Å². The zero-order valence-electron chi connectivity index (χ0n) is 14.0. The first-order valence-corrected chi connectivity index (χ1v) is 8.30. The standard InChI is InChI=1S/C20H16N2O4/c1-10(19(23)24)15(20(25)26)16-11-6-2-3-7-12(11)17-18(16)22-14-9-5-4-8-13(14)21-17/h2-10,15-16H,1H3,(H,23,24)(H,25,26). The highest BCUT2D eigenvalue weighted by molar-refractivity contribution is 5.87. The number of hydrogen-bond acceptors (Lipinski definition) is 4. The first-order chi connectivity index (χ1) is 12.5. The lowest BCUT2D eigenvalue weighted by Gasteiger charge is -2.24. The van der Waals surface area contributed by atoms with Crippen LogP contribution < -0.4 is 0 Å². The van der Waals surface area contributed by atoms with Crippen LogP contribution in [0, 0.1) is 11.8 Å². The molecule has 1 heterocycles. The van der Waals surface area contributed by atoms with Gasteiger partial charge in [0, 0.05) is 11.5 Å². The van der Waals surface area contributed by atoms with E-state index in [-0.39, 0.29) is 0 Å². The van der Waals surface area contributed by atoms with Crippen LogP contribution in [0.1, 0.15) is 24.1 Å². The van der Waals surface area contributed by atoms with Crippen molar-refractivity contribution in [1.29, 1.82) is 0 Å². The Bertz CT molecular complexity index is 1050. The summed E-state index contributed by atoms with van der Waals surface area (Å²) < 4.78 is 0. The molecule has 0 saturated carbocycles. The van der Waals surface area contributed by atoms with Gasteiger partial charge in [0.25, 0.3) is 0 Å². The molecule has 3 aromatic rings. The van der Waals surface area contributed by atoms with E-state index in [4.69, 9.17) is 4.98 Å². The fourth-order valence-corrected chi connectivity index (χ4v) is 3.72. The van der Waals surface area contributed by atoms with E-state index in [9.17, 15) is 19.8 Å². The Balaban J connectivity index is 2.00. The quantitative estimate of drug-likeness (QED) is 0.751. The van der Waals surface area contributed by atoms with Gasteiger partial charge in [-0.1, -0.05) is 43.3 Å². The van der Waals surface area contributed by atoms with Gasteiger partial charge >= 0.3 is 11.9 Å². The fourth-order valence-electron chi connectivity index (χ4n) is 3.72. The second kappa shape index (κ2) is 5.91. The first-order valence-electron chi connectivity index (χ1n) is 8.30. The molecule has 0 amide bonds. The summed E-state index contributed by atoms with van der Waals surface area (Å²) in [5.41, 5.74) is 4.13. The van der Waals surface area contributed by atoms with E-state index in [1.807, 2.05) is 48.5 Å². The molecule has 6 heteroatoms. The molecule has 4 rings (SSSR count). The van der Waals surface area contributed by atoms with Gasteiger partial charge in [-0.25, -0.2) is 9.97 Å². The number of carbonyl (C=O) groups is 2. The topological polar surface area (TPSA) is 100 Å². The molecule has 0 fully saturated rings. The van der Waals surface area contributed by atoms with Crippen LogP contribution in [0.15, 0.2) is 48.5 Å². The van der Waals surface area contributed by atoms with Crippen LogP contribution >= 0.6 is 0 Å². The molecule has 1 aromatic heterocycles. The summed E-state index contributed by atoms with van der Waals surface area (Å²) in [6, 6.07) is 14.8.